The molecule has 0 bridgehead atoms. The molecule has 3 aliphatic heterocycles. The second-order valence-electron chi connectivity index (χ2n) is 12.5. The standard InChI is InChI=1S/C33H38F2N6O2/c1-40(2)32(13-17-42-18-14-32)20-37-30-24-19-36-28(23-9-3-7-22-8-4-10-25(34)26(22)23)27(35)29(24)38-31(39-30)43-21-33-11-5-15-41(33)16-6-12-33/h3-4,7-10,19H,5-6,11-18,20-21H2,1-2H3,(H,37,38,39). The van der Waals surface area contributed by atoms with Gasteiger partial charge in [-0.25, -0.2) is 8.78 Å². The second kappa shape index (κ2) is 11.2. The first-order chi connectivity index (χ1) is 20.9. The van der Waals surface area contributed by atoms with Crippen molar-refractivity contribution in [1.82, 2.24) is 24.8 Å². The van der Waals surface area contributed by atoms with Gasteiger partial charge in [0.15, 0.2) is 5.82 Å². The Morgan fingerprint density at radius 2 is 1.74 bits per heavy atom. The fourth-order valence-corrected chi connectivity index (χ4v) is 7.36. The first-order valence-corrected chi connectivity index (χ1v) is 15.3. The Morgan fingerprint density at radius 3 is 2.49 bits per heavy atom. The van der Waals surface area contributed by atoms with E-state index in [1.165, 1.54) is 6.07 Å². The summed E-state index contributed by atoms with van der Waals surface area (Å²) in [6, 6.07) is 10.3. The van der Waals surface area contributed by atoms with Crippen LogP contribution in [0.2, 0.25) is 0 Å². The number of hydrogen-bond acceptors (Lipinski definition) is 8. The molecule has 0 amide bonds. The number of halogens is 2. The Bertz CT molecular complexity index is 1640. The van der Waals surface area contributed by atoms with Crippen molar-refractivity contribution in [1.29, 1.82) is 0 Å². The minimum Gasteiger partial charge on any atom is -0.461 e. The fourth-order valence-electron chi connectivity index (χ4n) is 7.36. The SMILES string of the molecule is CN(C)C1(CNc2nc(OCC34CCCN3CCC4)nc3c(F)c(-c4cccc5cccc(F)c45)ncc23)CCOCC1. The first-order valence-electron chi connectivity index (χ1n) is 15.3. The van der Waals surface area contributed by atoms with E-state index >= 15 is 8.78 Å². The number of pyridine rings is 1. The minimum absolute atomic E-state index is 0.00851. The summed E-state index contributed by atoms with van der Waals surface area (Å²) in [5.74, 6) is -0.578. The van der Waals surface area contributed by atoms with Crippen LogP contribution >= 0.6 is 0 Å². The van der Waals surface area contributed by atoms with E-state index in [9.17, 15) is 0 Å². The van der Waals surface area contributed by atoms with Crippen LogP contribution in [0.1, 0.15) is 38.5 Å². The molecule has 43 heavy (non-hydrogen) atoms. The molecule has 8 nitrogen and oxygen atoms in total. The summed E-state index contributed by atoms with van der Waals surface area (Å²) in [7, 11) is 4.15. The number of ether oxygens (including phenoxy) is 2. The predicted octanol–water partition coefficient (Wildman–Crippen LogP) is 5.65. The molecule has 7 rings (SSSR count). The molecule has 3 fully saturated rings. The van der Waals surface area contributed by atoms with E-state index in [4.69, 9.17) is 14.5 Å². The number of hydrogen-bond donors (Lipinski definition) is 1. The van der Waals surface area contributed by atoms with Crippen LogP contribution in [0.4, 0.5) is 14.6 Å². The highest BCUT2D eigenvalue weighted by Crippen LogP contribution is 2.40. The molecular weight excluding hydrogens is 550 g/mol. The van der Waals surface area contributed by atoms with Gasteiger partial charge in [-0.2, -0.15) is 9.97 Å². The summed E-state index contributed by atoms with van der Waals surface area (Å²) in [4.78, 5) is 18.6. The third-order valence-electron chi connectivity index (χ3n) is 10.0. The van der Waals surface area contributed by atoms with Gasteiger partial charge in [0.1, 0.15) is 29.5 Å². The maximum atomic E-state index is 16.5. The molecule has 226 valence electrons. The molecule has 0 aliphatic carbocycles. The second-order valence-corrected chi connectivity index (χ2v) is 12.5. The summed E-state index contributed by atoms with van der Waals surface area (Å²) >= 11 is 0. The summed E-state index contributed by atoms with van der Waals surface area (Å²) in [5.41, 5.74) is 0.376. The van der Waals surface area contributed by atoms with Crippen molar-refractivity contribution in [3.05, 3.63) is 54.2 Å². The van der Waals surface area contributed by atoms with Crippen molar-refractivity contribution in [2.24, 2.45) is 0 Å². The topological polar surface area (TPSA) is 75.6 Å². The van der Waals surface area contributed by atoms with Crippen molar-refractivity contribution >= 4 is 27.5 Å². The average molecular weight is 589 g/mol. The Kier molecular flexibility index (Phi) is 7.39. The van der Waals surface area contributed by atoms with Crippen LogP contribution in [0.3, 0.4) is 0 Å². The van der Waals surface area contributed by atoms with Crippen LogP contribution in [0.5, 0.6) is 6.01 Å². The molecule has 5 heterocycles. The van der Waals surface area contributed by atoms with Crippen molar-refractivity contribution in [3.8, 4) is 17.3 Å². The van der Waals surface area contributed by atoms with Gasteiger partial charge in [0.05, 0.1) is 10.9 Å². The lowest BCUT2D eigenvalue weighted by molar-refractivity contribution is -0.000660. The van der Waals surface area contributed by atoms with Crippen LogP contribution < -0.4 is 10.1 Å². The van der Waals surface area contributed by atoms with Crippen LogP contribution in [-0.4, -0.2) is 89.4 Å². The number of benzene rings is 2. The minimum atomic E-state index is -0.626. The van der Waals surface area contributed by atoms with E-state index in [2.05, 4.69) is 39.2 Å². The van der Waals surface area contributed by atoms with E-state index in [-0.39, 0.29) is 28.3 Å². The number of nitrogens with zero attached hydrogens (tertiary/aromatic N) is 5. The van der Waals surface area contributed by atoms with Gasteiger partial charge in [0, 0.05) is 42.4 Å². The summed E-state index contributed by atoms with van der Waals surface area (Å²) < 4.78 is 43.5. The first kappa shape index (κ1) is 28.3. The molecule has 4 aromatic rings. The van der Waals surface area contributed by atoms with Gasteiger partial charge >= 0.3 is 6.01 Å². The van der Waals surface area contributed by atoms with Crippen molar-refractivity contribution in [3.63, 3.8) is 0 Å². The molecule has 1 N–H and O–H groups in total. The number of likely N-dealkylation sites (N-methyl/N-ethyl adjacent to an activating group) is 1. The number of rotatable bonds is 8. The Hall–Kier alpha value is -3.47. The van der Waals surface area contributed by atoms with E-state index in [0.29, 0.717) is 53.9 Å². The van der Waals surface area contributed by atoms with Crippen molar-refractivity contribution in [2.75, 3.05) is 58.9 Å². The van der Waals surface area contributed by atoms with Crippen molar-refractivity contribution in [2.45, 2.75) is 49.6 Å². The monoisotopic (exact) mass is 588 g/mol. The summed E-state index contributed by atoms with van der Waals surface area (Å²) in [5, 5.41) is 4.97. The molecule has 3 aliphatic rings. The average Bonchev–Trinajstić information content (AvgIpc) is 3.60. The predicted molar refractivity (Wildman–Crippen MR) is 163 cm³/mol. The molecule has 3 saturated heterocycles. The third kappa shape index (κ3) is 4.99. The molecule has 2 aromatic heterocycles. The Balaban J connectivity index is 1.30. The smallest absolute Gasteiger partial charge is 0.319 e. The Morgan fingerprint density at radius 1 is 1.00 bits per heavy atom. The van der Waals surface area contributed by atoms with Crippen molar-refractivity contribution < 1.29 is 18.3 Å². The normalized spacial score (nSPS) is 19.7. The van der Waals surface area contributed by atoms with Gasteiger partial charge < -0.3 is 19.7 Å². The molecular formula is C33H38F2N6O2. The lowest BCUT2D eigenvalue weighted by Crippen LogP contribution is -2.53. The lowest BCUT2D eigenvalue weighted by Gasteiger charge is -2.43. The highest BCUT2D eigenvalue weighted by molar-refractivity contribution is 5.99. The van der Waals surface area contributed by atoms with Gasteiger partial charge in [-0.1, -0.05) is 30.3 Å². The quantitative estimate of drug-likeness (QED) is 0.283. The summed E-state index contributed by atoms with van der Waals surface area (Å²) in [6.07, 6.45) is 7.76. The molecule has 0 atom stereocenters. The zero-order chi connectivity index (χ0) is 29.6. The summed E-state index contributed by atoms with van der Waals surface area (Å²) in [6.45, 7) is 4.57. The molecule has 10 heteroatoms. The Labute approximate surface area is 250 Å². The number of fused-ring (bicyclic) bond motifs is 3. The lowest BCUT2D eigenvalue weighted by atomic mass is 9.88. The fraction of sp³-hybridized carbons (Fsp3) is 0.485. The zero-order valence-corrected chi connectivity index (χ0v) is 24.8. The molecule has 0 saturated carbocycles. The maximum Gasteiger partial charge on any atom is 0.319 e. The molecule has 0 unspecified atom stereocenters. The zero-order valence-electron chi connectivity index (χ0n) is 24.8. The maximum absolute atomic E-state index is 16.5. The molecule has 0 spiro atoms. The van der Waals surface area contributed by atoms with Gasteiger partial charge in [0.25, 0.3) is 0 Å². The molecule has 2 aromatic carbocycles. The number of aromatic nitrogens is 3. The van der Waals surface area contributed by atoms with E-state index in [1.807, 2.05) is 12.1 Å². The molecule has 0 radical (unpaired) electrons. The van der Waals surface area contributed by atoms with E-state index in [0.717, 1.165) is 51.6 Å². The van der Waals surface area contributed by atoms with Gasteiger partial charge in [-0.05, 0) is 77.2 Å². The highest BCUT2D eigenvalue weighted by atomic mass is 19.1. The number of anilines is 1. The van der Waals surface area contributed by atoms with Crippen LogP contribution in [0.25, 0.3) is 32.9 Å². The van der Waals surface area contributed by atoms with Gasteiger partial charge in [-0.3, -0.25) is 9.88 Å². The highest BCUT2D eigenvalue weighted by Gasteiger charge is 2.45. The van der Waals surface area contributed by atoms with Crippen LogP contribution in [0.15, 0.2) is 42.6 Å². The van der Waals surface area contributed by atoms with E-state index in [1.54, 1.807) is 24.4 Å². The largest absolute Gasteiger partial charge is 0.461 e. The van der Waals surface area contributed by atoms with Gasteiger partial charge in [0.2, 0.25) is 0 Å². The van der Waals surface area contributed by atoms with Crippen LogP contribution in [-0.2, 0) is 4.74 Å². The number of nitrogens with one attached hydrogen (secondary N) is 1. The van der Waals surface area contributed by atoms with Gasteiger partial charge in [-0.15, -0.1) is 0 Å². The van der Waals surface area contributed by atoms with Crippen LogP contribution in [0, 0.1) is 11.6 Å². The van der Waals surface area contributed by atoms with E-state index < -0.39 is 11.6 Å². The third-order valence-corrected chi connectivity index (χ3v) is 10.0.